The number of nitrogens with zero attached hydrogens (tertiary/aromatic N) is 3. The van der Waals surface area contributed by atoms with Gasteiger partial charge in [-0.3, -0.25) is 0 Å². The van der Waals surface area contributed by atoms with E-state index in [2.05, 4.69) is 6.58 Å². The van der Waals surface area contributed by atoms with Crippen LogP contribution in [0.1, 0.15) is 0 Å². The third-order valence-corrected chi connectivity index (χ3v) is 1.60. The first-order valence-electron chi connectivity index (χ1n) is 3.60. The van der Waals surface area contributed by atoms with Crippen LogP contribution in [-0.2, 0) is 6.54 Å². The first kappa shape index (κ1) is 9.84. The van der Waals surface area contributed by atoms with E-state index in [1.165, 1.54) is 6.08 Å². The van der Waals surface area contributed by atoms with Gasteiger partial charge in [-0.05, 0) is 0 Å². The van der Waals surface area contributed by atoms with Crippen LogP contribution in [0.2, 0.25) is 0 Å². The van der Waals surface area contributed by atoms with E-state index in [0.717, 1.165) is 0 Å². The molecule has 1 heterocycles. The Morgan fingerprint density at radius 3 is 1.86 bits per heavy atom. The third-order valence-electron chi connectivity index (χ3n) is 1.60. The standard InChI is InChI=1S/C6H9N5O3/c1-2-3-9-4(12)10(7)6(14)11(8)5(9)13/h2H,1,3,7-8H2. The Balaban J connectivity index is 3.78. The Kier molecular flexibility index (Phi) is 2.28. The van der Waals surface area contributed by atoms with E-state index in [4.69, 9.17) is 11.7 Å². The van der Waals surface area contributed by atoms with Crippen molar-refractivity contribution in [2.45, 2.75) is 6.54 Å². The SMILES string of the molecule is C=CCn1c(=O)n(N)c(=O)n(N)c1=O. The average molecular weight is 199 g/mol. The Labute approximate surface area is 77.2 Å². The highest BCUT2D eigenvalue weighted by Crippen LogP contribution is 1.69. The maximum Gasteiger partial charge on any atom is 0.373 e. The zero-order chi connectivity index (χ0) is 10.9. The maximum atomic E-state index is 11.2. The highest BCUT2D eigenvalue weighted by atomic mass is 16.2. The number of hydrogen-bond donors (Lipinski definition) is 2. The molecule has 0 aliphatic heterocycles. The molecular formula is C6H9N5O3. The van der Waals surface area contributed by atoms with Gasteiger partial charge in [-0.1, -0.05) is 6.08 Å². The summed E-state index contributed by atoms with van der Waals surface area (Å²) in [5.74, 6) is 10.2. The maximum absolute atomic E-state index is 11.2. The Bertz CT molecular complexity index is 494. The van der Waals surface area contributed by atoms with E-state index in [9.17, 15) is 14.4 Å². The van der Waals surface area contributed by atoms with Crippen molar-refractivity contribution in [3.8, 4) is 0 Å². The van der Waals surface area contributed by atoms with E-state index in [0.29, 0.717) is 4.57 Å². The largest absolute Gasteiger partial charge is 0.373 e. The molecule has 14 heavy (non-hydrogen) atoms. The molecule has 0 saturated heterocycles. The van der Waals surface area contributed by atoms with Gasteiger partial charge in [0.1, 0.15) is 0 Å². The fourth-order valence-corrected chi connectivity index (χ4v) is 0.907. The normalized spacial score (nSPS) is 10.0. The second-order valence-corrected chi connectivity index (χ2v) is 2.49. The highest BCUT2D eigenvalue weighted by Gasteiger charge is 2.09. The topological polar surface area (TPSA) is 118 Å². The molecule has 0 radical (unpaired) electrons. The van der Waals surface area contributed by atoms with Crippen molar-refractivity contribution in [2.75, 3.05) is 11.7 Å². The molecule has 0 atom stereocenters. The van der Waals surface area contributed by atoms with Gasteiger partial charge in [-0.25, -0.2) is 19.0 Å². The van der Waals surface area contributed by atoms with Crippen molar-refractivity contribution >= 4 is 0 Å². The van der Waals surface area contributed by atoms with Crippen LogP contribution in [0.4, 0.5) is 0 Å². The minimum atomic E-state index is -1.07. The van der Waals surface area contributed by atoms with Crippen LogP contribution in [0, 0.1) is 0 Å². The number of nitrogen functional groups attached to an aromatic ring is 2. The first-order chi connectivity index (χ1) is 6.50. The molecule has 1 rings (SSSR count). The van der Waals surface area contributed by atoms with Gasteiger partial charge < -0.3 is 11.7 Å². The van der Waals surface area contributed by atoms with E-state index in [1.54, 1.807) is 0 Å². The molecule has 1 aromatic heterocycles. The van der Waals surface area contributed by atoms with Gasteiger partial charge in [0, 0.05) is 0 Å². The number of nitrogens with two attached hydrogens (primary N) is 2. The van der Waals surface area contributed by atoms with Gasteiger partial charge in [0.25, 0.3) is 0 Å². The van der Waals surface area contributed by atoms with E-state index in [1.807, 2.05) is 0 Å². The summed E-state index contributed by atoms with van der Waals surface area (Å²) >= 11 is 0. The lowest BCUT2D eigenvalue weighted by Gasteiger charge is -2.05. The number of aromatic nitrogens is 3. The lowest BCUT2D eigenvalue weighted by atomic mass is 10.6. The summed E-state index contributed by atoms with van der Waals surface area (Å²) in [5, 5.41) is 0. The van der Waals surface area contributed by atoms with Gasteiger partial charge in [0.2, 0.25) is 0 Å². The fraction of sp³-hybridized carbons (Fsp3) is 0.167. The summed E-state index contributed by atoms with van der Waals surface area (Å²) in [6.45, 7) is 3.28. The molecule has 4 N–H and O–H groups in total. The lowest BCUT2D eigenvalue weighted by molar-refractivity contribution is 0.564. The summed E-state index contributed by atoms with van der Waals surface area (Å²) < 4.78 is 1.20. The predicted octanol–water partition coefficient (Wildman–Crippen LogP) is -3.21. The lowest BCUT2D eigenvalue weighted by Crippen LogP contribution is -2.59. The quantitative estimate of drug-likeness (QED) is 0.384. The molecular weight excluding hydrogens is 190 g/mol. The smallest absolute Gasteiger partial charge is 0.331 e. The Hall–Kier alpha value is -2.25. The van der Waals surface area contributed by atoms with Crippen LogP contribution in [0.5, 0.6) is 0 Å². The molecule has 8 nitrogen and oxygen atoms in total. The molecule has 0 spiro atoms. The van der Waals surface area contributed by atoms with Crippen LogP contribution >= 0.6 is 0 Å². The summed E-state index contributed by atoms with van der Waals surface area (Å²) in [7, 11) is 0. The summed E-state index contributed by atoms with van der Waals surface area (Å²) in [4.78, 5) is 33.5. The van der Waals surface area contributed by atoms with E-state index < -0.39 is 17.1 Å². The van der Waals surface area contributed by atoms with Crippen molar-refractivity contribution in [2.24, 2.45) is 0 Å². The van der Waals surface area contributed by atoms with Crippen LogP contribution in [0.3, 0.4) is 0 Å². The summed E-state index contributed by atoms with van der Waals surface area (Å²) in [5.41, 5.74) is -2.93. The Morgan fingerprint density at radius 1 is 1.07 bits per heavy atom. The van der Waals surface area contributed by atoms with Crippen LogP contribution < -0.4 is 28.8 Å². The molecule has 0 bridgehead atoms. The minimum absolute atomic E-state index is 0.0631. The van der Waals surface area contributed by atoms with Gasteiger partial charge in [0.05, 0.1) is 6.54 Å². The number of hydrogen-bond acceptors (Lipinski definition) is 5. The van der Waals surface area contributed by atoms with Gasteiger partial charge >= 0.3 is 17.1 Å². The molecule has 8 heteroatoms. The first-order valence-corrected chi connectivity index (χ1v) is 3.60. The zero-order valence-corrected chi connectivity index (χ0v) is 7.21. The monoisotopic (exact) mass is 199 g/mol. The van der Waals surface area contributed by atoms with Crippen molar-refractivity contribution in [3.05, 3.63) is 44.1 Å². The average Bonchev–Trinajstić information content (AvgIpc) is 2.19. The van der Waals surface area contributed by atoms with Gasteiger partial charge in [-0.15, -0.1) is 6.58 Å². The molecule has 0 aliphatic rings. The molecule has 0 fully saturated rings. The second kappa shape index (κ2) is 3.24. The summed E-state index contributed by atoms with van der Waals surface area (Å²) in [6, 6.07) is 0. The number of rotatable bonds is 2. The molecule has 1 aromatic rings. The van der Waals surface area contributed by atoms with Crippen molar-refractivity contribution in [1.29, 1.82) is 0 Å². The third kappa shape index (κ3) is 1.22. The van der Waals surface area contributed by atoms with Gasteiger partial charge in [0.15, 0.2) is 0 Å². The Morgan fingerprint density at radius 2 is 1.50 bits per heavy atom. The highest BCUT2D eigenvalue weighted by molar-refractivity contribution is 4.81. The molecule has 0 saturated carbocycles. The van der Waals surface area contributed by atoms with Crippen molar-refractivity contribution in [3.63, 3.8) is 0 Å². The summed E-state index contributed by atoms with van der Waals surface area (Å²) in [6.07, 6.45) is 1.31. The fourth-order valence-electron chi connectivity index (χ4n) is 0.907. The van der Waals surface area contributed by atoms with Crippen LogP contribution in [0.25, 0.3) is 0 Å². The molecule has 0 amide bonds. The zero-order valence-electron chi connectivity index (χ0n) is 7.21. The molecule has 0 unspecified atom stereocenters. The van der Waals surface area contributed by atoms with Crippen LogP contribution in [0.15, 0.2) is 27.0 Å². The minimum Gasteiger partial charge on any atom is -0.331 e. The van der Waals surface area contributed by atoms with Gasteiger partial charge in [-0.2, -0.15) is 9.35 Å². The van der Waals surface area contributed by atoms with Crippen molar-refractivity contribution < 1.29 is 0 Å². The van der Waals surface area contributed by atoms with E-state index >= 15 is 0 Å². The number of allylic oxidation sites excluding steroid dienone is 1. The van der Waals surface area contributed by atoms with Crippen molar-refractivity contribution in [1.82, 2.24) is 13.9 Å². The second-order valence-electron chi connectivity index (χ2n) is 2.49. The van der Waals surface area contributed by atoms with Crippen LogP contribution in [-0.4, -0.2) is 13.9 Å². The van der Waals surface area contributed by atoms with E-state index in [-0.39, 0.29) is 15.9 Å². The predicted molar refractivity (Wildman–Crippen MR) is 49.7 cm³/mol. The molecule has 0 aliphatic carbocycles. The molecule has 0 aromatic carbocycles. The molecule has 76 valence electrons.